The average Bonchev–Trinajstić information content (AvgIpc) is 2.85. The molecular weight excluding hydrogens is 408 g/mol. The number of nitrogens with two attached hydrogens (primary N) is 1. The highest BCUT2D eigenvalue weighted by Crippen LogP contribution is 2.24. The minimum atomic E-state index is -0.404. The van der Waals surface area contributed by atoms with E-state index in [9.17, 15) is 4.79 Å². The fraction of sp³-hybridized carbons (Fsp3) is 0.0690. The van der Waals surface area contributed by atoms with Gasteiger partial charge in [-0.1, -0.05) is 91.5 Å². The monoisotopic (exact) mass is 434 g/mol. The van der Waals surface area contributed by atoms with Crippen molar-refractivity contribution in [2.24, 2.45) is 5.73 Å². The Morgan fingerprint density at radius 3 is 2.00 bits per heavy atom. The fourth-order valence-electron chi connectivity index (χ4n) is 3.59. The quantitative estimate of drug-likeness (QED) is 0.373. The normalized spacial score (nSPS) is 10.5. The lowest BCUT2D eigenvalue weighted by atomic mass is 10.0. The predicted molar refractivity (Wildman–Crippen MR) is 134 cm³/mol. The van der Waals surface area contributed by atoms with E-state index in [4.69, 9.17) is 10.5 Å². The molecule has 0 aromatic heterocycles. The Kier molecular flexibility index (Phi) is 6.56. The van der Waals surface area contributed by atoms with Gasteiger partial charge in [-0.25, -0.2) is 4.79 Å². The van der Waals surface area contributed by atoms with Gasteiger partial charge in [0, 0.05) is 19.3 Å². The number of amides is 1. The molecule has 0 aliphatic carbocycles. The number of hydrogen-bond donors (Lipinski definition) is 1. The van der Waals surface area contributed by atoms with Gasteiger partial charge in [0.15, 0.2) is 0 Å². The lowest BCUT2D eigenvalue weighted by Gasteiger charge is -2.17. The molecule has 0 aliphatic rings. The second-order valence-corrected chi connectivity index (χ2v) is 7.92. The third kappa shape index (κ3) is 5.49. The molecule has 4 heteroatoms. The van der Waals surface area contributed by atoms with E-state index >= 15 is 0 Å². The van der Waals surface area contributed by atoms with E-state index in [0.29, 0.717) is 18.0 Å². The molecule has 0 saturated carbocycles. The van der Waals surface area contributed by atoms with Crippen molar-refractivity contribution in [3.8, 4) is 28.0 Å². The first-order chi connectivity index (χ1) is 16.0. The van der Waals surface area contributed by atoms with Crippen LogP contribution >= 0.6 is 0 Å². The van der Waals surface area contributed by atoms with Crippen LogP contribution in [0.1, 0.15) is 11.1 Å². The van der Waals surface area contributed by atoms with Crippen LogP contribution in [0.5, 0.6) is 5.75 Å². The van der Waals surface area contributed by atoms with Crippen LogP contribution in [-0.4, -0.2) is 18.0 Å². The van der Waals surface area contributed by atoms with Crippen LogP contribution in [0.3, 0.4) is 0 Å². The Morgan fingerprint density at radius 2 is 1.36 bits per heavy atom. The van der Waals surface area contributed by atoms with Crippen molar-refractivity contribution in [1.29, 1.82) is 0 Å². The van der Waals surface area contributed by atoms with Gasteiger partial charge < -0.3 is 15.4 Å². The van der Waals surface area contributed by atoms with E-state index in [-0.39, 0.29) is 0 Å². The van der Waals surface area contributed by atoms with Crippen molar-refractivity contribution in [2.45, 2.75) is 6.54 Å². The van der Waals surface area contributed by atoms with Crippen LogP contribution < -0.4 is 10.5 Å². The highest BCUT2D eigenvalue weighted by Gasteiger charge is 2.12. The largest absolute Gasteiger partial charge is 0.415 e. The van der Waals surface area contributed by atoms with E-state index in [1.165, 1.54) is 0 Å². The molecule has 4 rings (SSSR count). The topological polar surface area (TPSA) is 55.6 Å². The lowest BCUT2D eigenvalue weighted by Crippen LogP contribution is -2.29. The minimum Gasteiger partial charge on any atom is -0.410 e. The first-order valence-corrected chi connectivity index (χ1v) is 10.7. The molecular formula is C29H26N2O2. The smallest absolute Gasteiger partial charge is 0.410 e. The van der Waals surface area contributed by atoms with Gasteiger partial charge in [-0.05, 0) is 51.6 Å². The molecule has 0 bridgehead atoms. The number of nitrogens with zero attached hydrogens (tertiary/aromatic N) is 1. The standard InChI is InChI=1S/C29H26N2O2/c1-21(30)23-11-13-25(14-12-23)26-15-17-28(18-16-26)33-29(32)31(2)20-22-7-6-10-27(19-22)24-8-4-3-5-9-24/h3-19H,1,20,30H2,2H3. The van der Waals surface area contributed by atoms with Crippen molar-refractivity contribution in [3.63, 3.8) is 0 Å². The van der Waals surface area contributed by atoms with Crippen molar-refractivity contribution in [3.05, 3.63) is 121 Å². The molecule has 0 radical (unpaired) electrons. The molecule has 0 aliphatic heterocycles. The number of carbonyl (C=O) groups is 1. The second kappa shape index (κ2) is 9.88. The number of benzene rings is 4. The van der Waals surface area contributed by atoms with Gasteiger partial charge in [0.1, 0.15) is 5.75 Å². The van der Waals surface area contributed by atoms with Gasteiger partial charge in [0.25, 0.3) is 0 Å². The summed E-state index contributed by atoms with van der Waals surface area (Å²) in [5, 5.41) is 0. The summed E-state index contributed by atoms with van der Waals surface area (Å²) in [6.07, 6.45) is -0.404. The van der Waals surface area contributed by atoms with Crippen molar-refractivity contribution >= 4 is 11.8 Å². The molecule has 0 spiro atoms. The molecule has 4 aromatic rings. The zero-order valence-electron chi connectivity index (χ0n) is 18.6. The van der Waals surface area contributed by atoms with Gasteiger partial charge in [0.2, 0.25) is 0 Å². The molecule has 0 atom stereocenters. The first kappa shape index (κ1) is 21.9. The number of ether oxygens (including phenoxy) is 1. The van der Waals surface area contributed by atoms with Crippen molar-refractivity contribution in [2.75, 3.05) is 7.05 Å². The first-order valence-electron chi connectivity index (χ1n) is 10.7. The maximum absolute atomic E-state index is 12.6. The van der Waals surface area contributed by atoms with Crippen molar-refractivity contribution < 1.29 is 9.53 Å². The second-order valence-electron chi connectivity index (χ2n) is 7.92. The predicted octanol–water partition coefficient (Wildman–Crippen LogP) is 6.58. The van der Waals surface area contributed by atoms with E-state index < -0.39 is 6.09 Å². The molecule has 2 N–H and O–H groups in total. The Balaban J connectivity index is 1.38. The van der Waals surface area contributed by atoms with Crippen molar-refractivity contribution in [1.82, 2.24) is 4.90 Å². The Bertz CT molecular complexity index is 1250. The Morgan fingerprint density at radius 1 is 0.788 bits per heavy atom. The summed E-state index contributed by atoms with van der Waals surface area (Å²) in [6.45, 7) is 4.21. The van der Waals surface area contributed by atoms with Crippen LogP contribution in [0.4, 0.5) is 4.79 Å². The summed E-state index contributed by atoms with van der Waals surface area (Å²) in [5.41, 5.74) is 12.5. The van der Waals surface area contributed by atoms with Gasteiger partial charge >= 0.3 is 6.09 Å². The summed E-state index contributed by atoms with van der Waals surface area (Å²) in [7, 11) is 1.73. The summed E-state index contributed by atoms with van der Waals surface area (Å²) >= 11 is 0. The number of carbonyl (C=O) groups excluding carboxylic acids is 1. The highest BCUT2D eigenvalue weighted by molar-refractivity contribution is 5.72. The molecule has 4 nitrogen and oxygen atoms in total. The zero-order chi connectivity index (χ0) is 23.2. The maximum Gasteiger partial charge on any atom is 0.415 e. The van der Waals surface area contributed by atoms with Gasteiger partial charge in [-0.3, -0.25) is 0 Å². The molecule has 4 aromatic carbocycles. The summed E-state index contributed by atoms with van der Waals surface area (Å²) < 4.78 is 5.56. The van der Waals surface area contributed by atoms with Crippen LogP contribution in [0.25, 0.3) is 28.0 Å². The number of hydrogen-bond acceptors (Lipinski definition) is 3. The number of rotatable bonds is 6. The third-order valence-electron chi connectivity index (χ3n) is 5.41. The van der Waals surface area contributed by atoms with E-state index in [1.807, 2.05) is 66.7 Å². The lowest BCUT2D eigenvalue weighted by molar-refractivity contribution is 0.161. The molecule has 0 heterocycles. The summed E-state index contributed by atoms with van der Waals surface area (Å²) in [4.78, 5) is 14.2. The Hall–Kier alpha value is -4.31. The third-order valence-corrected chi connectivity index (χ3v) is 5.41. The van der Waals surface area contributed by atoms with Gasteiger partial charge in [-0.2, -0.15) is 0 Å². The fourth-order valence-corrected chi connectivity index (χ4v) is 3.59. The molecule has 0 unspecified atom stereocenters. The molecule has 0 fully saturated rings. The van der Waals surface area contributed by atoms with Crippen LogP contribution in [0, 0.1) is 0 Å². The Labute approximate surface area is 194 Å². The molecule has 0 saturated heterocycles. The minimum absolute atomic E-state index is 0.404. The van der Waals surface area contributed by atoms with Crippen LogP contribution in [0.15, 0.2) is 110 Å². The molecule has 1 amide bonds. The molecule has 33 heavy (non-hydrogen) atoms. The van der Waals surface area contributed by atoms with Crippen LogP contribution in [-0.2, 0) is 6.54 Å². The maximum atomic E-state index is 12.6. The zero-order valence-corrected chi connectivity index (χ0v) is 18.6. The van der Waals surface area contributed by atoms with E-state index in [0.717, 1.165) is 33.4 Å². The molecule has 164 valence electrons. The average molecular weight is 435 g/mol. The van der Waals surface area contributed by atoms with E-state index in [2.05, 4.69) is 30.8 Å². The van der Waals surface area contributed by atoms with Gasteiger partial charge in [-0.15, -0.1) is 0 Å². The SMILES string of the molecule is C=C(N)c1ccc(-c2ccc(OC(=O)N(C)Cc3cccc(-c4ccccc4)c3)cc2)cc1. The van der Waals surface area contributed by atoms with Gasteiger partial charge in [0.05, 0.1) is 0 Å². The summed E-state index contributed by atoms with van der Waals surface area (Å²) in [6, 6.07) is 33.7. The highest BCUT2D eigenvalue weighted by atomic mass is 16.6. The summed E-state index contributed by atoms with van der Waals surface area (Å²) in [5.74, 6) is 0.501. The van der Waals surface area contributed by atoms with E-state index in [1.54, 1.807) is 24.1 Å². The van der Waals surface area contributed by atoms with Crippen LogP contribution in [0.2, 0.25) is 0 Å².